The van der Waals surface area contributed by atoms with Gasteiger partial charge in [0.25, 0.3) is 0 Å². The largest absolute Gasteiger partial charge is 0.508 e. The second-order valence-electron chi connectivity index (χ2n) is 10.4. The van der Waals surface area contributed by atoms with Gasteiger partial charge in [0.1, 0.15) is 17.6 Å². The third-order valence-corrected chi connectivity index (χ3v) is 6.23. The van der Waals surface area contributed by atoms with Crippen molar-refractivity contribution in [2.45, 2.75) is 97.4 Å². The monoisotopic (exact) mass is 472 g/mol. The number of methoxy groups -OCH3 is 1. The molecule has 188 valence electrons. The van der Waals surface area contributed by atoms with E-state index < -0.39 is 17.3 Å². The number of Topliss-reactive ketones (excluding diaryl/α,β-unsaturated/α-hetero) is 1. The first-order valence-corrected chi connectivity index (χ1v) is 11.9. The van der Waals surface area contributed by atoms with Crippen molar-refractivity contribution < 1.29 is 29.3 Å². The number of aromatic hydroxyl groups is 1. The quantitative estimate of drug-likeness (QED) is 0.341. The van der Waals surface area contributed by atoms with E-state index in [9.17, 15) is 19.8 Å². The zero-order valence-electron chi connectivity index (χ0n) is 21.7. The Kier molecular flexibility index (Phi) is 9.26. The molecule has 0 aromatic heterocycles. The molecular weight excluding hydrogens is 432 g/mol. The lowest BCUT2D eigenvalue weighted by molar-refractivity contribution is -0.143. The smallest absolute Gasteiger partial charge is 0.167 e. The number of carbonyl (C=O) groups is 2. The summed E-state index contributed by atoms with van der Waals surface area (Å²) in [5, 5.41) is 20.0. The van der Waals surface area contributed by atoms with E-state index in [1.54, 1.807) is 39.2 Å². The normalized spacial score (nSPS) is 21.8. The van der Waals surface area contributed by atoms with Crippen molar-refractivity contribution in [3.8, 4) is 11.5 Å². The van der Waals surface area contributed by atoms with Crippen molar-refractivity contribution in [3.05, 3.63) is 46.6 Å². The Hall–Kier alpha value is -2.44. The van der Waals surface area contributed by atoms with E-state index in [-0.39, 0.29) is 17.3 Å². The predicted molar refractivity (Wildman–Crippen MR) is 133 cm³/mol. The van der Waals surface area contributed by atoms with Gasteiger partial charge >= 0.3 is 0 Å². The van der Waals surface area contributed by atoms with E-state index in [1.807, 2.05) is 33.8 Å². The standard InChI is InChI=1S/C28H40O6/c1-18(9-8-12-28(6)17-24(31)26(34-28)27(4,5)32)13-22(29)14-19(2)10-11-21-16-23(30)15-20(3)25(21)33-7/h10,13,15-16,26,30,32H,8-9,11-12,14,17H2,1-7H3. The minimum absolute atomic E-state index is 0.0471. The molecule has 0 aliphatic carbocycles. The van der Waals surface area contributed by atoms with Gasteiger partial charge in [-0.2, -0.15) is 0 Å². The van der Waals surface area contributed by atoms with E-state index in [2.05, 4.69) is 0 Å². The highest BCUT2D eigenvalue weighted by molar-refractivity contribution is 5.92. The summed E-state index contributed by atoms with van der Waals surface area (Å²) in [5.74, 6) is 0.939. The molecule has 1 saturated heterocycles. The molecule has 1 aromatic carbocycles. The maximum absolute atomic E-state index is 12.5. The van der Waals surface area contributed by atoms with Crippen LogP contribution in [0, 0.1) is 6.92 Å². The topological polar surface area (TPSA) is 93.1 Å². The molecule has 34 heavy (non-hydrogen) atoms. The highest BCUT2D eigenvalue weighted by Gasteiger charge is 2.47. The summed E-state index contributed by atoms with van der Waals surface area (Å²) in [4.78, 5) is 24.7. The SMILES string of the molecule is COc1c(C)cc(O)cc1CC=C(C)CC(=O)C=C(C)CCCC1(C)CC(=O)C(C(C)(C)O)O1. The van der Waals surface area contributed by atoms with Crippen LogP contribution in [0.1, 0.15) is 77.8 Å². The van der Waals surface area contributed by atoms with Crippen LogP contribution >= 0.6 is 0 Å². The molecule has 0 spiro atoms. The van der Waals surface area contributed by atoms with Crippen LogP contribution in [0.2, 0.25) is 0 Å². The molecule has 2 rings (SSSR count). The highest BCUT2D eigenvalue weighted by Crippen LogP contribution is 2.36. The van der Waals surface area contributed by atoms with E-state index in [1.165, 1.54) is 0 Å². The maximum Gasteiger partial charge on any atom is 0.167 e. The Bertz CT molecular complexity index is 966. The Morgan fingerprint density at radius 3 is 2.56 bits per heavy atom. The lowest BCUT2D eigenvalue weighted by Crippen LogP contribution is -2.41. The van der Waals surface area contributed by atoms with E-state index in [0.717, 1.165) is 40.9 Å². The number of hydrogen-bond donors (Lipinski definition) is 2. The van der Waals surface area contributed by atoms with Crippen LogP contribution in [-0.2, 0) is 20.7 Å². The average molecular weight is 473 g/mol. The lowest BCUT2D eigenvalue weighted by Gasteiger charge is -2.28. The van der Waals surface area contributed by atoms with Crippen molar-refractivity contribution >= 4 is 11.6 Å². The van der Waals surface area contributed by atoms with Crippen LogP contribution in [0.5, 0.6) is 11.5 Å². The molecular formula is C28H40O6. The third-order valence-electron chi connectivity index (χ3n) is 6.23. The lowest BCUT2D eigenvalue weighted by atomic mass is 9.92. The number of ether oxygens (including phenoxy) is 2. The predicted octanol–water partition coefficient (Wildman–Crippen LogP) is 5.16. The van der Waals surface area contributed by atoms with Gasteiger partial charge in [0, 0.05) is 18.4 Å². The molecule has 0 amide bonds. The molecule has 1 fully saturated rings. The van der Waals surface area contributed by atoms with Crippen molar-refractivity contribution in [2.24, 2.45) is 0 Å². The first-order valence-electron chi connectivity index (χ1n) is 11.9. The number of allylic oxidation sites excluding steroid dienone is 4. The summed E-state index contributed by atoms with van der Waals surface area (Å²) in [6, 6.07) is 3.35. The van der Waals surface area contributed by atoms with E-state index >= 15 is 0 Å². The zero-order chi connectivity index (χ0) is 25.7. The molecule has 0 bridgehead atoms. The molecule has 1 aromatic rings. The molecule has 0 radical (unpaired) electrons. The summed E-state index contributed by atoms with van der Waals surface area (Å²) < 4.78 is 11.4. The molecule has 0 saturated carbocycles. The second kappa shape index (κ2) is 11.3. The van der Waals surface area contributed by atoms with Gasteiger partial charge < -0.3 is 19.7 Å². The van der Waals surface area contributed by atoms with Crippen molar-refractivity contribution in [1.82, 2.24) is 0 Å². The minimum atomic E-state index is -1.19. The number of aryl methyl sites for hydroxylation is 1. The molecule has 1 heterocycles. The van der Waals surface area contributed by atoms with Crippen LogP contribution in [0.3, 0.4) is 0 Å². The molecule has 2 unspecified atom stereocenters. The Balaban J connectivity index is 1.86. The van der Waals surface area contributed by atoms with Crippen molar-refractivity contribution in [2.75, 3.05) is 7.11 Å². The Morgan fingerprint density at radius 1 is 1.29 bits per heavy atom. The van der Waals surface area contributed by atoms with Gasteiger partial charge in [-0.25, -0.2) is 0 Å². The summed E-state index contributed by atoms with van der Waals surface area (Å²) in [5.41, 5.74) is 1.95. The number of hydrogen-bond acceptors (Lipinski definition) is 6. The highest BCUT2D eigenvalue weighted by atomic mass is 16.5. The van der Waals surface area contributed by atoms with E-state index in [0.29, 0.717) is 25.7 Å². The zero-order valence-corrected chi connectivity index (χ0v) is 21.7. The number of phenols is 1. The van der Waals surface area contributed by atoms with Gasteiger partial charge in [0.15, 0.2) is 11.6 Å². The number of carbonyl (C=O) groups excluding carboxylic acids is 2. The van der Waals surface area contributed by atoms with Gasteiger partial charge in [-0.3, -0.25) is 9.59 Å². The van der Waals surface area contributed by atoms with E-state index in [4.69, 9.17) is 9.47 Å². The molecule has 6 heteroatoms. The number of aliphatic hydroxyl groups is 1. The number of ketones is 2. The van der Waals surface area contributed by atoms with Crippen LogP contribution < -0.4 is 4.74 Å². The Labute approximate surface area is 203 Å². The first kappa shape index (κ1) is 27.8. The van der Waals surface area contributed by atoms with Crippen molar-refractivity contribution in [1.29, 1.82) is 0 Å². The molecule has 2 N–H and O–H groups in total. The van der Waals surface area contributed by atoms with Gasteiger partial charge in [-0.1, -0.05) is 17.2 Å². The van der Waals surface area contributed by atoms with Gasteiger partial charge in [-0.05, 0) is 91.0 Å². The van der Waals surface area contributed by atoms with Crippen molar-refractivity contribution in [3.63, 3.8) is 0 Å². The summed E-state index contributed by atoms with van der Waals surface area (Å²) in [6.07, 6.45) is 6.34. The average Bonchev–Trinajstić information content (AvgIpc) is 3.00. The second-order valence-corrected chi connectivity index (χ2v) is 10.4. The summed E-state index contributed by atoms with van der Waals surface area (Å²) in [7, 11) is 1.61. The minimum Gasteiger partial charge on any atom is -0.508 e. The number of benzene rings is 1. The van der Waals surface area contributed by atoms with Crippen LogP contribution in [-0.4, -0.2) is 46.2 Å². The van der Waals surface area contributed by atoms with Gasteiger partial charge in [-0.15, -0.1) is 0 Å². The summed E-state index contributed by atoms with van der Waals surface area (Å²) >= 11 is 0. The first-order chi connectivity index (χ1) is 15.7. The fraction of sp³-hybridized carbons (Fsp3) is 0.571. The van der Waals surface area contributed by atoms with Crippen LogP contribution in [0.4, 0.5) is 0 Å². The molecule has 1 aliphatic heterocycles. The third kappa shape index (κ3) is 7.81. The fourth-order valence-corrected chi connectivity index (χ4v) is 4.58. The van der Waals surface area contributed by atoms with Gasteiger partial charge in [0.05, 0.1) is 18.3 Å². The summed E-state index contributed by atoms with van der Waals surface area (Å²) in [6.45, 7) is 10.9. The number of phenolic OH excluding ortho intramolecular Hbond substituents is 1. The molecule has 1 aliphatic rings. The Morgan fingerprint density at radius 2 is 1.97 bits per heavy atom. The maximum atomic E-state index is 12.5. The molecule has 6 nitrogen and oxygen atoms in total. The molecule has 2 atom stereocenters. The fourth-order valence-electron chi connectivity index (χ4n) is 4.58. The number of rotatable bonds is 11. The van der Waals surface area contributed by atoms with Crippen LogP contribution in [0.25, 0.3) is 0 Å². The van der Waals surface area contributed by atoms with Crippen LogP contribution in [0.15, 0.2) is 35.4 Å². The van der Waals surface area contributed by atoms with Gasteiger partial charge in [0.2, 0.25) is 0 Å².